The number of carbonyl (C=O) groups is 1. The summed E-state index contributed by atoms with van der Waals surface area (Å²) in [5.74, 6) is 1.06. The minimum Gasteiger partial charge on any atom is -0.393 e. The minimum atomic E-state index is -0.0880. The second-order valence-electron chi connectivity index (χ2n) is 4.59. The maximum absolute atomic E-state index is 10.2. The van der Waals surface area contributed by atoms with Gasteiger partial charge in [-0.25, -0.2) is 0 Å². The molecule has 0 spiro atoms. The fraction of sp³-hybridized carbons (Fsp3) is 0.917. The summed E-state index contributed by atoms with van der Waals surface area (Å²) in [6, 6.07) is 0. The highest BCUT2D eigenvalue weighted by atomic mass is 16.3. The number of hydrogen-bond donors (Lipinski definition) is 1. The topological polar surface area (TPSA) is 37.3 Å². The first-order valence-electron chi connectivity index (χ1n) is 5.87. The van der Waals surface area contributed by atoms with Gasteiger partial charge in [-0.15, -0.1) is 0 Å². The van der Waals surface area contributed by atoms with E-state index in [1.54, 1.807) is 0 Å². The van der Waals surface area contributed by atoms with E-state index in [1.165, 1.54) is 19.3 Å². The van der Waals surface area contributed by atoms with E-state index in [0.717, 1.165) is 25.5 Å². The Kier molecular flexibility index (Phi) is 5.16. The van der Waals surface area contributed by atoms with E-state index in [9.17, 15) is 9.90 Å². The summed E-state index contributed by atoms with van der Waals surface area (Å²) in [5.41, 5.74) is 0. The van der Waals surface area contributed by atoms with Crippen LogP contribution in [0.25, 0.3) is 0 Å². The molecule has 0 bridgehead atoms. The molecule has 2 heteroatoms. The third kappa shape index (κ3) is 3.41. The molecule has 1 N–H and O–H groups in total. The molecular formula is C12H22O2. The lowest BCUT2D eigenvalue weighted by Crippen LogP contribution is -2.29. The van der Waals surface area contributed by atoms with Crippen molar-refractivity contribution >= 4 is 6.29 Å². The first kappa shape index (κ1) is 11.7. The summed E-state index contributed by atoms with van der Waals surface area (Å²) >= 11 is 0. The third-order valence-electron chi connectivity index (χ3n) is 3.49. The molecule has 0 aromatic carbocycles. The summed E-state index contributed by atoms with van der Waals surface area (Å²) in [6.45, 7) is 2.21. The molecule has 1 saturated carbocycles. The Labute approximate surface area is 86.7 Å². The van der Waals surface area contributed by atoms with Gasteiger partial charge in [-0.05, 0) is 37.5 Å². The highest BCUT2D eigenvalue weighted by Gasteiger charge is 2.27. The van der Waals surface area contributed by atoms with Crippen molar-refractivity contribution in [2.45, 2.75) is 58.0 Å². The molecule has 2 nitrogen and oxygen atoms in total. The number of carbonyl (C=O) groups excluding carboxylic acids is 1. The Morgan fingerprint density at radius 2 is 2.14 bits per heavy atom. The molecular weight excluding hydrogens is 176 g/mol. The zero-order chi connectivity index (χ0) is 10.4. The predicted octanol–water partition coefficient (Wildman–Crippen LogP) is 2.54. The van der Waals surface area contributed by atoms with Crippen LogP contribution >= 0.6 is 0 Å². The van der Waals surface area contributed by atoms with Crippen molar-refractivity contribution in [1.82, 2.24) is 0 Å². The summed E-state index contributed by atoms with van der Waals surface area (Å²) in [4.78, 5) is 10.2. The SMILES string of the molecule is CC(CCCC=O)C1CCCCC1O. The Morgan fingerprint density at radius 1 is 1.43 bits per heavy atom. The lowest BCUT2D eigenvalue weighted by Gasteiger charge is -2.32. The van der Waals surface area contributed by atoms with E-state index in [-0.39, 0.29) is 6.10 Å². The van der Waals surface area contributed by atoms with Gasteiger partial charge in [0.1, 0.15) is 6.29 Å². The van der Waals surface area contributed by atoms with Crippen molar-refractivity contribution in [2.24, 2.45) is 11.8 Å². The normalized spacial score (nSPS) is 29.9. The molecule has 1 aliphatic rings. The molecule has 0 amide bonds. The van der Waals surface area contributed by atoms with Gasteiger partial charge in [-0.3, -0.25) is 0 Å². The number of aliphatic hydroxyl groups excluding tert-OH is 1. The van der Waals surface area contributed by atoms with Crippen LogP contribution in [0.5, 0.6) is 0 Å². The Balaban J connectivity index is 2.26. The zero-order valence-electron chi connectivity index (χ0n) is 9.11. The second kappa shape index (κ2) is 6.18. The first-order valence-corrected chi connectivity index (χ1v) is 5.87. The van der Waals surface area contributed by atoms with Crippen LogP contribution in [-0.4, -0.2) is 17.5 Å². The monoisotopic (exact) mass is 198 g/mol. The van der Waals surface area contributed by atoms with Gasteiger partial charge in [0, 0.05) is 6.42 Å². The number of unbranched alkanes of at least 4 members (excludes halogenated alkanes) is 1. The van der Waals surface area contributed by atoms with Gasteiger partial charge in [0.15, 0.2) is 0 Å². The average Bonchev–Trinajstić information content (AvgIpc) is 2.18. The summed E-state index contributed by atoms with van der Waals surface area (Å²) in [6.07, 6.45) is 8.23. The van der Waals surface area contributed by atoms with Crippen molar-refractivity contribution in [1.29, 1.82) is 0 Å². The molecule has 1 aliphatic carbocycles. The van der Waals surface area contributed by atoms with Crippen LogP contribution in [-0.2, 0) is 4.79 Å². The van der Waals surface area contributed by atoms with Crippen molar-refractivity contribution in [2.75, 3.05) is 0 Å². The highest BCUT2D eigenvalue weighted by Crippen LogP contribution is 2.32. The second-order valence-corrected chi connectivity index (χ2v) is 4.59. The maximum atomic E-state index is 10.2. The van der Waals surface area contributed by atoms with Crippen LogP contribution in [0.15, 0.2) is 0 Å². The Morgan fingerprint density at radius 3 is 2.79 bits per heavy atom. The van der Waals surface area contributed by atoms with Gasteiger partial charge in [0.05, 0.1) is 6.10 Å². The maximum Gasteiger partial charge on any atom is 0.119 e. The molecule has 1 rings (SSSR count). The summed E-state index contributed by atoms with van der Waals surface area (Å²) < 4.78 is 0. The summed E-state index contributed by atoms with van der Waals surface area (Å²) in [7, 11) is 0. The van der Waals surface area contributed by atoms with Crippen LogP contribution in [0.1, 0.15) is 51.9 Å². The molecule has 0 aromatic rings. The Hall–Kier alpha value is -0.370. The van der Waals surface area contributed by atoms with E-state index in [2.05, 4.69) is 6.92 Å². The average molecular weight is 198 g/mol. The van der Waals surface area contributed by atoms with E-state index in [4.69, 9.17) is 0 Å². The minimum absolute atomic E-state index is 0.0880. The van der Waals surface area contributed by atoms with Gasteiger partial charge in [-0.2, -0.15) is 0 Å². The first-order chi connectivity index (χ1) is 6.75. The Bertz CT molecular complexity index is 168. The highest BCUT2D eigenvalue weighted by molar-refractivity contribution is 5.48. The van der Waals surface area contributed by atoms with Gasteiger partial charge in [-0.1, -0.05) is 19.8 Å². The van der Waals surface area contributed by atoms with Crippen LogP contribution in [0.2, 0.25) is 0 Å². The van der Waals surface area contributed by atoms with E-state index in [1.807, 2.05) is 0 Å². The van der Waals surface area contributed by atoms with E-state index < -0.39 is 0 Å². The quantitative estimate of drug-likeness (QED) is 0.544. The molecule has 3 atom stereocenters. The molecule has 3 unspecified atom stereocenters. The van der Waals surface area contributed by atoms with Crippen molar-refractivity contribution < 1.29 is 9.90 Å². The zero-order valence-corrected chi connectivity index (χ0v) is 9.11. The van der Waals surface area contributed by atoms with Crippen molar-refractivity contribution in [3.63, 3.8) is 0 Å². The largest absolute Gasteiger partial charge is 0.393 e. The third-order valence-corrected chi connectivity index (χ3v) is 3.49. The molecule has 0 saturated heterocycles. The smallest absolute Gasteiger partial charge is 0.119 e. The van der Waals surface area contributed by atoms with Gasteiger partial charge in [0.2, 0.25) is 0 Å². The number of hydrogen-bond acceptors (Lipinski definition) is 2. The van der Waals surface area contributed by atoms with E-state index in [0.29, 0.717) is 18.3 Å². The van der Waals surface area contributed by atoms with Crippen molar-refractivity contribution in [3.8, 4) is 0 Å². The molecule has 0 heterocycles. The van der Waals surface area contributed by atoms with Crippen LogP contribution in [0, 0.1) is 11.8 Å². The molecule has 1 fully saturated rings. The molecule has 0 radical (unpaired) electrons. The van der Waals surface area contributed by atoms with Gasteiger partial charge < -0.3 is 9.90 Å². The summed E-state index contributed by atoms with van der Waals surface area (Å²) in [5, 5.41) is 9.83. The lowest BCUT2D eigenvalue weighted by molar-refractivity contribution is -0.108. The fourth-order valence-electron chi connectivity index (χ4n) is 2.54. The number of aldehydes is 1. The number of rotatable bonds is 5. The molecule has 14 heavy (non-hydrogen) atoms. The van der Waals surface area contributed by atoms with E-state index >= 15 is 0 Å². The van der Waals surface area contributed by atoms with Gasteiger partial charge in [0.25, 0.3) is 0 Å². The van der Waals surface area contributed by atoms with Crippen LogP contribution in [0.4, 0.5) is 0 Å². The molecule has 0 aromatic heterocycles. The van der Waals surface area contributed by atoms with Crippen molar-refractivity contribution in [3.05, 3.63) is 0 Å². The molecule has 0 aliphatic heterocycles. The standard InChI is InChI=1S/C12H22O2/c1-10(6-4-5-9-13)11-7-2-3-8-12(11)14/h9-12,14H,2-8H2,1H3. The fourth-order valence-corrected chi connectivity index (χ4v) is 2.54. The lowest BCUT2D eigenvalue weighted by atomic mass is 9.77. The predicted molar refractivity (Wildman–Crippen MR) is 57.0 cm³/mol. The number of aliphatic hydroxyl groups is 1. The van der Waals surface area contributed by atoms with Crippen LogP contribution in [0.3, 0.4) is 0 Å². The molecule has 82 valence electrons. The van der Waals surface area contributed by atoms with Gasteiger partial charge >= 0.3 is 0 Å². The van der Waals surface area contributed by atoms with Crippen LogP contribution < -0.4 is 0 Å².